The largest absolute Gasteiger partial charge is 0.469 e. The Balaban J connectivity index is 1.37. The molecule has 4 rings (SSSR count). The van der Waals surface area contributed by atoms with E-state index in [0.717, 1.165) is 37.0 Å². The lowest BCUT2D eigenvalue weighted by Gasteiger charge is -2.29. The number of fused-ring (bicyclic) bond motifs is 2. The zero-order chi connectivity index (χ0) is 19.5. The smallest absolute Gasteiger partial charge is 0.305 e. The van der Waals surface area contributed by atoms with Crippen LogP contribution in [0.5, 0.6) is 0 Å². The minimum absolute atomic E-state index is 0.0221. The van der Waals surface area contributed by atoms with E-state index in [9.17, 15) is 9.59 Å². The van der Waals surface area contributed by atoms with Crippen molar-refractivity contribution in [3.8, 4) is 0 Å². The first-order valence-corrected chi connectivity index (χ1v) is 10.5. The third-order valence-corrected chi connectivity index (χ3v) is 6.82. The predicted molar refractivity (Wildman–Crippen MR) is 106 cm³/mol. The number of ether oxygens (including phenoxy) is 1. The Bertz CT molecular complexity index is 744. The molecule has 2 bridgehead atoms. The van der Waals surface area contributed by atoms with Crippen LogP contribution in [0.1, 0.15) is 63.0 Å². The van der Waals surface area contributed by atoms with Gasteiger partial charge in [0.1, 0.15) is 5.78 Å². The van der Waals surface area contributed by atoms with Crippen LogP contribution in [-0.4, -0.2) is 24.6 Å². The van der Waals surface area contributed by atoms with Gasteiger partial charge in [-0.2, -0.15) is 0 Å². The second kappa shape index (κ2) is 8.46. The summed E-state index contributed by atoms with van der Waals surface area (Å²) in [6.45, 7) is 0. The summed E-state index contributed by atoms with van der Waals surface area (Å²) in [7, 11) is 1.40. The van der Waals surface area contributed by atoms with Crippen LogP contribution in [0, 0.1) is 23.7 Å². The van der Waals surface area contributed by atoms with Crippen LogP contribution in [0.15, 0.2) is 35.5 Å². The summed E-state index contributed by atoms with van der Waals surface area (Å²) in [5.41, 5.74) is 2.24. The number of esters is 1. The molecule has 1 aromatic carbocycles. The first-order valence-electron chi connectivity index (χ1n) is 10.5. The third kappa shape index (κ3) is 3.85. The van der Waals surface area contributed by atoms with Gasteiger partial charge in [0, 0.05) is 31.1 Å². The van der Waals surface area contributed by atoms with Gasteiger partial charge in [0.25, 0.3) is 0 Å². The van der Waals surface area contributed by atoms with Crippen molar-refractivity contribution in [2.24, 2.45) is 28.8 Å². The molecule has 2 fully saturated rings. The summed E-state index contributed by atoms with van der Waals surface area (Å²) >= 11 is 0. The number of ketones is 1. The van der Waals surface area contributed by atoms with Gasteiger partial charge in [0.15, 0.2) is 6.10 Å². The SMILES string of the molecule is COC(=O)CCCCC(=O)[C@H]1[C@H]2CC[C@H](C2)[C@@H]1C1=NOC(c2ccccc2)C1. The molecule has 1 unspecified atom stereocenters. The molecule has 0 saturated heterocycles. The standard InChI is InChI=1S/C23H29NO4/c1-27-21(26)10-6-5-9-19(25)23-17-12-11-16(13-17)22(23)18-14-20(28-24-18)15-7-3-2-4-8-15/h2-4,7-8,16-17,20,22-23H,5-6,9-14H2,1H3/t16-,17+,20?,22-,23-/m1/s1. The number of carbonyl (C=O) groups excluding carboxylic acids is 2. The maximum atomic E-state index is 13.1. The molecule has 0 amide bonds. The molecule has 28 heavy (non-hydrogen) atoms. The van der Waals surface area contributed by atoms with Crippen molar-refractivity contribution in [3.63, 3.8) is 0 Å². The minimum atomic E-state index is -0.199. The molecule has 0 radical (unpaired) electrons. The Labute approximate surface area is 166 Å². The quantitative estimate of drug-likeness (QED) is 0.491. The number of rotatable bonds is 8. The fourth-order valence-corrected chi connectivity index (χ4v) is 5.51. The molecular formula is C23H29NO4. The normalized spacial score (nSPS) is 30.8. The number of methoxy groups -OCH3 is 1. The molecule has 5 nitrogen and oxygen atoms in total. The van der Waals surface area contributed by atoms with Crippen molar-refractivity contribution in [2.45, 2.75) is 57.5 Å². The van der Waals surface area contributed by atoms with E-state index in [1.165, 1.54) is 13.5 Å². The molecule has 0 N–H and O–H groups in total. The van der Waals surface area contributed by atoms with Crippen molar-refractivity contribution in [1.82, 2.24) is 0 Å². The second-order valence-corrected chi connectivity index (χ2v) is 8.43. The summed E-state index contributed by atoms with van der Waals surface area (Å²) in [6.07, 6.45) is 6.70. The third-order valence-electron chi connectivity index (χ3n) is 6.82. The first kappa shape index (κ1) is 19.2. The van der Waals surface area contributed by atoms with E-state index in [2.05, 4.69) is 22.0 Å². The van der Waals surface area contributed by atoms with Crippen molar-refractivity contribution in [3.05, 3.63) is 35.9 Å². The van der Waals surface area contributed by atoms with Gasteiger partial charge in [-0.1, -0.05) is 35.5 Å². The van der Waals surface area contributed by atoms with Gasteiger partial charge in [-0.15, -0.1) is 0 Å². The monoisotopic (exact) mass is 383 g/mol. The Morgan fingerprint density at radius 3 is 2.64 bits per heavy atom. The van der Waals surface area contributed by atoms with Crippen molar-refractivity contribution >= 4 is 17.5 Å². The van der Waals surface area contributed by atoms with Crippen LogP contribution < -0.4 is 0 Å². The molecule has 1 heterocycles. The van der Waals surface area contributed by atoms with E-state index < -0.39 is 0 Å². The van der Waals surface area contributed by atoms with E-state index in [4.69, 9.17) is 4.84 Å². The number of carbonyl (C=O) groups is 2. The van der Waals surface area contributed by atoms with E-state index in [1.807, 2.05) is 18.2 Å². The van der Waals surface area contributed by atoms with Gasteiger partial charge < -0.3 is 9.57 Å². The molecular weight excluding hydrogens is 354 g/mol. The van der Waals surface area contributed by atoms with E-state index in [0.29, 0.717) is 36.9 Å². The van der Waals surface area contributed by atoms with Gasteiger partial charge in [-0.05, 0) is 49.5 Å². The first-order chi connectivity index (χ1) is 13.7. The zero-order valence-electron chi connectivity index (χ0n) is 16.5. The van der Waals surface area contributed by atoms with Crippen molar-refractivity contribution in [1.29, 1.82) is 0 Å². The van der Waals surface area contributed by atoms with Crippen LogP contribution in [0.2, 0.25) is 0 Å². The molecule has 2 saturated carbocycles. The summed E-state index contributed by atoms with van der Waals surface area (Å²) < 4.78 is 4.67. The summed E-state index contributed by atoms with van der Waals surface area (Å²) in [5.74, 6) is 1.57. The Kier molecular flexibility index (Phi) is 5.79. The highest BCUT2D eigenvalue weighted by atomic mass is 16.6. The molecule has 3 aliphatic rings. The van der Waals surface area contributed by atoms with Crippen LogP contribution in [0.3, 0.4) is 0 Å². The highest BCUT2D eigenvalue weighted by molar-refractivity contribution is 5.94. The topological polar surface area (TPSA) is 65.0 Å². The van der Waals surface area contributed by atoms with Crippen LogP contribution >= 0.6 is 0 Å². The van der Waals surface area contributed by atoms with Crippen molar-refractivity contribution < 1.29 is 19.2 Å². The summed E-state index contributed by atoms with van der Waals surface area (Å²) in [6, 6.07) is 10.2. The zero-order valence-corrected chi connectivity index (χ0v) is 16.5. The Hall–Kier alpha value is -2.17. The average Bonchev–Trinajstić information content (AvgIpc) is 3.47. The van der Waals surface area contributed by atoms with E-state index >= 15 is 0 Å². The lowest BCUT2D eigenvalue weighted by molar-refractivity contribution is -0.140. The molecule has 1 aromatic rings. The maximum absolute atomic E-state index is 13.1. The van der Waals surface area contributed by atoms with Gasteiger partial charge in [-0.3, -0.25) is 9.59 Å². The molecule has 2 aliphatic carbocycles. The number of hydrogen-bond donors (Lipinski definition) is 0. The predicted octanol–water partition coefficient (Wildman–Crippen LogP) is 4.47. The van der Waals surface area contributed by atoms with Crippen molar-refractivity contribution in [2.75, 3.05) is 7.11 Å². The fourth-order valence-electron chi connectivity index (χ4n) is 5.51. The number of hydrogen-bond acceptors (Lipinski definition) is 5. The highest BCUT2D eigenvalue weighted by Crippen LogP contribution is 2.55. The highest BCUT2D eigenvalue weighted by Gasteiger charge is 2.53. The van der Waals surface area contributed by atoms with Gasteiger partial charge >= 0.3 is 5.97 Å². The molecule has 0 spiro atoms. The Morgan fingerprint density at radius 2 is 1.86 bits per heavy atom. The Morgan fingerprint density at radius 1 is 1.11 bits per heavy atom. The van der Waals surface area contributed by atoms with Crippen LogP contribution in [0.4, 0.5) is 0 Å². The summed E-state index contributed by atoms with van der Waals surface area (Å²) in [4.78, 5) is 30.1. The fraction of sp³-hybridized carbons (Fsp3) is 0.609. The van der Waals surface area contributed by atoms with Gasteiger partial charge in [0.2, 0.25) is 0 Å². The maximum Gasteiger partial charge on any atom is 0.305 e. The summed E-state index contributed by atoms with van der Waals surface area (Å²) in [5, 5.41) is 4.46. The second-order valence-electron chi connectivity index (χ2n) is 8.43. The molecule has 0 aromatic heterocycles. The van der Waals surface area contributed by atoms with Crippen LogP contribution in [-0.2, 0) is 19.2 Å². The molecule has 150 valence electrons. The average molecular weight is 383 g/mol. The molecule has 5 atom stereocenters. The van der Waals surface area contributed by atoms with Gasteiger partial charge in [-0.25, -0.2) is 0 Å². The lowest BCUT2D eigenvalue weighted by atomic mass is 9.72. The van der Waals surface area contributed by atoms with Gasteiger partial charge in [0.05, 0.1) is 12.8 Å². The lowest BCUT2D eigenvalue weighted by Crippen LogP contribution is -2.34. The van der Waals surface area contributed by atoms with E-state index in [-0.39, 0.29) is 23.9 Å². The number of unbranched alkanes of at least 4 members (excludes halogenated alkanes) is 1. The number of benzene rings is 1. The number of nitrogens with zero attached hydrogens (tertiary/aromatic N) is 1. The number of Topliss-reactive ketones (excluding diaryl/α,β-unsaturated/α-hetero) is 1. The van der Waals surface area contributed by atoms with Crippen LogP contribution in [0.25, 0.3) is 0 Å². The number of oxime groups is 1. The van der Waals surface area contributed by atoms with E-state index in [1.54, 1.807) is 0 Å². The molecule has 5 heteroatoms. The molecule has 1 aliphatic heterocycles. The minimum Gasteiger partial charge on any atom is -0.469 e.